The Hall–Kier alpha value is -1.56. The van der Waals surface area contributed by atoms with E-state index in [1.54, 1.807) is 7.11 Å². The molecular formula is C13H24N4O2. The number of hydrogen-bond donors (Lipinski definition) is 3. The van der Waals surface area contributed by atoms with E-state index >= 15 is 0 Å². The lowest BCUT2D eigenvalue weighted by Gasteiger charge is -2.22. The summed E-state index contributed by atoms with van der Waals surface area (Å²) in [4.78, 5) is 8.37. The molecule has 0 radical (unpaired) electrons. The number of rotatable bonds is 8. The van der Waals surface area contributed by atoms with Gasteiger partial charge in [0.1, 0.15) is 6.33 Å². The summed E-state index contributed by atoms with van der Waals surface area (Å²) < 4.78 is 5.37. The Balaban J connectivity index is 2.93. The maximum absolute atomic E-state index is 9.37. The van der Waals surface area contributed by atoms with Gasteiger partial charge in [-0.05, 0) is 12.3 Å². The number of methoxy groups -OCH3 is 1. The van der Waals surface area contributed by atoms with Crippen molar-refractivity contribution in [1.82, 2.24) is 9.97 Å². The zero-order valence-electron chi connectivity index (χ0n) is 12.1. The maximum Gasteiger partial charge on any atom is 0.204 e. The molecule has 3 N–H and O–H groups in total. The van der Waals surface area contributed by atoms with Gasteiger partial charge in [-0.15, -0.1) is 0 Å². The summed E-state index contributed by atoms with van der Waals surface area (Å²) >= 11 is 0. The second kappa shape index (κ2) is 7.78. The third-order valence-corrected chi connectivity index (χ3v) is 2.87. The first kappa shape index (κ1) is 15.5. The van der Waals surface area contributed by atoms with E-state index in [1.807, 2.05) is 13.8 Å². The van der Waals surface area contributed by atoms with E-state index in [2.05, 4.69) is 27.5 Å². The van der Waals surface area contributed by atoms with E-state index in [0.717, 1.165) is 13.0 Å². The molecule has 0 aliphatic rings. The minimum absolute atomic E-state index is 0.0442. The standard InChI is InChI=1S/C13H24N4O2/c1-5-6-14-12-11(19-4)13(16-8-15-12)17-10(7-18)9(2)3/h8-10,18H,5-7H2,1-4H3,(H2,14,15,16,17). The Morgan fingerprint density at radius 1 is 1.32 bits per heavy atom. The molecule has 1 aromatic heterocycles. The molecule has 0 aliphatic carbocycles. The van der Waals surface area contributed by atoms with Gasteiger partial charge in [-0.3, -0.25) is 0 Å². The van der Waals surface area contributed by atoms with Gasteiger partial charge in [0.15, 0.2) is 11.6 Å². The average molecular weight is 268 g/mol. The summed E-state index contributed by atoms with van der Waals surface area (Å²) in [6, 6.07) is -0.0668. The fourth-order valence-corrected chi connectivity index (χ4v) is 1.64. The van der Waals surface area contributed by atoms with E-state index < -0.39 is 0 Å². The molecule has 0 saturated carbocycles. The van der Waals surface area contributed by atoms with Crippen LogP contribution in [0.3, 0.4) is 0 Å². The number of aromatic nitrogens is 2. The van der Waals surface area contributed by atoms with Gasteiger partial charge in [-0.1, -0.05) is 20.8 Å². The Bertz CT molecular complexity index is 385. The van der Waals surface area contributed by atoms with Crippen LogP contribution in [0.2, 0.25) is 0 Å². The van der Waals surface area contributed by atoms with E-state index in [-0.39, 0.29) is 18.6 Å². The minimum Gasteiger partial charge on any atom is -0.490 e. The summed E-state index contributed by atoms with van der Waals surface area (Å²) in [7, 11) is 1.59. The van der Waals surface area contributed by atoms with Gasteiger partial charge in [-0.2, -0.15) is 0 Å². The van der Waals surface area contributed by atoms with Crippen LogP contribution < -0.4 is 15.4 Å². The summed E-state index contributed by atoms with van der Waals surface area (Å²) in [5, 5.41) is 15.8. The number of nitrogens with one attached hydrogen (secondary N) is 2. The van der Waals surface area contributed by atoms with E-state index in [0.29, 0.717) is 17.4 Å². The lowest BCUT2D eigenvalue weighted by molar-refractivity contribution is 0.248. The second-order valence-corrected chi connectivity index (χ2v) is 4.71. The van der Waals surface area contributed by atoms with Gasteiger partial charge in [0, 0.05) is 6.54 Å². The van der Waals surface area contributed by atoms with Crippen molar-refractivity contribution in [1.29, 1.82) is 0 Å². The van der Waals surface area contributed by atoms with Crippen molar-refractivity contribution in [3.05, 3.63) is 6.33 Å². The number of aliphatic hydroxyl groups is 1. The monoisotopic (exact) mass is 268 g/mol. The van der Waals surface area contributed by atoms with Crippen LogP contribution in [-0.4, -0.2) is 41.4 Å². The van der Waals surface area contributed by atoms with Crippen LogP contribution in [0.25, 0.3) is 0 Å². The van der Waals surface area contributed by atoms with Crippen LogP contribution in [0.5, 0.6) is 5.75 Å². The maximum atomic E-state index is 9.37. The van der Waals surface area contributed by atoms with Crippen molar-refractivity contribution >= 4 is 11.6 Å². The van der Waals surface area contributed by atoms with Crippen molar-refractivity contribution in [2.75, 3.05) is 30.9 Å². The minimum atomic E-state index is -0.0668. The molecule has 6 nitrogen and oxygen atoms in total. The molecule has 1 heterocycles. The Kier molecular flexibility index (Phi) is 6.35. The smallest absolute Gasteiger partial charge is 0.204 e. The number of anilines is 2. The Morgan fingerprint density at radius 2 is 2.00 bits per heavy atom. The molecule has 19 heavy (non-hydrogen) atoms. The molecule has 0 spiro atoms. The predicted octanol–water partition coefficient (Wildman–Crippen LogP) is 1.74. The first-order valence-electron chi connectivity index (χ1n) is 6.64. The number of aliphatic hydroxyl groups excluding tert-OH is 1. The highest BCUT2D eigenvalue weighted by Crippen LogP contribution is 2.29. The van der Waals surface area contributed by atoms with Crippen molar-refractivity contribution in [2.24, 2.45) is 5.92 Å². The predicted molar refractivity (Wildman–Crippen MR) is 76.7 cm³/mol. The summed E-state index contributed by atoms with van der Waals surface area (Å²) in [5.74, 6) is 2.14. The van der Waals surface area contributed by atoms with Crippen LogP contribution in [-0.2, 0) is 0 Å². The lowest BCUT2D eigenvalue weighted by Crippen LogP contribution is -2.30. The van der Waals surface area contributed by atoms with Gasteiger partial charge < -0.3 is 20.5 Å². The fraction of sp³-hybridized carbons (Fsp3) is 0.692. The average Bonchev–Trinajstić information content (AvgIpc) is 2.41. The highest BCUT2D eigenvalue weighted by molar-refractivity contribution is 5.63. The molecule has 0 bridgehead atoms. The molecule has 1 rings (SSSR count). The SMILES string of the molecule is CCCNc1ncnc(NC(CO)C(C)C)c1OC. The zero-order valence-corrected chi connectivity index (χ0v) is 12.1. The number of nitrogens with zero attached hydrogens (tertiary/aromatic N) is 2. The largest absolute Gasteiger partial charge is 0.490 e. The van der Waals surface area contributed by atoms with Crippen molar-refractivity contribution in [2.45, 2.75) is 33.2 Å². The van der Waals surface area contributed by atoms with E-state index in [9.17, 15) is 5.11 Å². The topological polar surface area (TPSA) is 79.3 Å². The fourth-order valence-electron chi connectivity index (χ4n) is 1.64. The summed E-state index contributed by atoms with van der Waals surface area (Å²) in [6.45, 7) is 7.03. The molecule has 1 aromatic rings. The number of ether oxygens (including phenoxy) is 1. The van der Waals surface area contributed by atoms with E-state index in [4.69, 9.17) is 4.74 Å². The van der Waals surface area contributed by atoms with Crippen molar-refractivity contribution in [3.63, 3.8) is 0 Å². The molecule has 0 aromatic carbocycles. The third-order valence-electron chi connectivity index (χ3n) is 2.87. The molecule has 0 amide bonds. The van der Waals surface area contributed by atoms with Crippen LogP contribution in [0, 0.1) is 5.92 Å². The highest BCUT2D eigenvalue weighted by atomic mass is 16.5. The van der Waals surface area contributed by atoms with Gasteiger partial charge in [0.25, 0.3) is 0 Å². The van der Waals surface area contributed by atoms with Crippen molar-refractivity contribution < 1.29 is 9.84 Å². The number of hydrogen-bond acceptors (Lipinski definition) is 6. The second-order valence-electron chi connectivity index (χ2n) is 4.71. The highest BCUT2D eigenvalue weighted by Gasteiger charge is 2.17. The van der Waals surface area contributed by atoms with Crippen LogP contribution in [0.1, 0.15) is 27.2 Å². The first-order chi connectivity index (χ1) is 9.13. The first-order valence-corrected chi connectivity index (χ1v) is 6.64. The summed E-state index contributed by atoms with van der Waals surface area (Å²) in [5.41, 5.74) is 0. The Morgan fingerprint density at radius 3 is 2.53 bits per heavy atom. The van der Waals surface area contributed by atoms with Crippen LogP contribution >= 0.6 is 0 Å². The molecule has 0 fully saturated rings. The van der Waals surface area contributed by atoms with Gasteiger partial charge in [0.2, 0.25) is 5.75 Å². The molecule has 1 atom stereocenters. The molecule has 0 saturated heterocycles. The van der Waals surface area contributed by atoms with Crippen LogP contribution in [0.15, 0.2) is 6.33 Å². The van der Waals surface area contributed by atoms with Gasteiger partial charge >= 0.3 is 0 Å². The molecule has 0 aliphatic heterocycles. The lowest BCUT2D eigenvalue weighted by atomic mass is 10.1. The summed E-state index contributed by atoms with van der Waals surface area (Å²) in [6.07, 6.45) is 2.48. The quantitative estimate of drug-likeness (QED) is 0.666. The van der Waals surface area contributed by atoms with Crippen molar-refractivity contribution in [3.8, 4) is 5.75 Å². The molecule has 1 unspecified atom stereocenters. The normalized spacial score (nSPS) is 12.3. The zero-order chi connectivity index (χ0) is 14.3. The molecule has 6 heteroatoms. The van der Waals surface area contributed by atoms with Gasteiger partial charge in [-0.25, -0.2) is 9.97 Å². The van der Waals surface area contributed by atoms with Gasteiger partial charge in [0.05, 0.1) is 19.8 Å². The molecule has 108 valence electrons. The Labute approximate surface area is 114 Å². The van der Waals surface area contributed by atoms with E-state index in [1.165, 1.54) is 6.33 Å². The third kappa shape index (κ3) is 4.24. The molecular weight excluding hydrogens is 244 g/mol. The van der Waals surface area contributed by atoms with Crippen LogP contribution in [0.4, 0.5) is 11.6 Å².